The van der Waals surface area contributed by atoms with Crippen LogP contribution in [0.15, 0.2) is 48.8 Å². The van der Waals surface area contributed by atoms with Crippen LogP contribution < -0.4 is 0 Å². The molecule has 0 N–H and O–H groups in total. The van der Waals surface area contributed by atoms with Crippen LogP contribution in [0.25, 0.3) is 11.4 Å². The van der Waals surface area contributed by atoms with Gasteiger partial charge in [0.1, 0.15) is 0 Å². The molecule has 0 aliphatic carbocycles. The second-order valence-electron chi connectivity index (χ2n) is 2.43. The van der Waals surface area contributed by atoms with Crippen LogP contribution in [0.5, 0.6) is 0 Å². The molecule has 0 saturated carbocycles. The van der Waals surface area contributed by atoms with Gasteiger partial charge in [-0.3, -0.25) is 9.97 Å². The Morgan fingerprint density at radius 2 is 1.15 bits per heavy atom. The van der Waals surface area contributed by atoms with E-state index in [9.17, 15) is 0 Å². The maximum absolute atomic E-state index is 4.19. The van der Waals surface area contributed by atoms with Gasteiger partial charge in [-0.1, -0.05) is 12.1 Å². The minimum Gasteiger partial charge on any atom is -0.255 e. The van der Waals surface area contributed by atoms with Crippen LogP contribution in [0.4, 0.5) is 0 Å². The first kappa shape index (κ1) is 10.0. The van der Waals surface area contributed by atoms with E-state index in [0.717, 1.165) is 11.4 Å². The van der Waals surface area contributed by atoms with Gasteiger partial charge in [-0.2, -0.15) is 0 Å². The monoisotopic (exact) mass is 258 g/mol. The molecule has 0 atom stereocenters. The SMILES string of the molecule is [Ru+2].c1ccc(-c2ccccn2)nc1. The Balaban J connectivity index is 0.000000845. The van der Waals surface area contributed by atoms with Crippen LogP contribution in [0.3, 0.4) is 0 Å². The molecular formula is C10H8N2Ru+2. The summed E-state index contributed by atoms with van der Waals surface area (Å²) < 4.78 is 0. The molecule has 0 saturated heterocycles. The first-order valence-corrected chi connectivity index (χ1v) is 3.79. The summed E-state index contributed by atoms with van der Waals surface area (Å²) in [5, 5.41) is 0. The van der Waals surface area contributed by atoms with E-state index >= 15 is 0 Å². The number of hydrogen-bond donors (Lipinski definition) is 0. The molecule has 2 aromatic rings. The van der Waals surface area contributed by atoms with Gasteiger partial charge >= 0.3 is 19.5 Å². The summed E-state index contributed by atoms with van der Waals surface area (Å²) in [6, 6.07) is 11.6. The molecule has 0 aromatic carbocycles. The molecule has 0 radical (unpaired) electrons. The Bertz CT molecular complexity index is 310. The Kier molecular flexibility index (Phi) is 3.72. The average molecular weight is 257 g/mol. The van der Waals surface area contributed by atoms with Gasteiger partial charge in [0, 0.05) is 12.4 Å². The van der Waals surface area contributed by atoms with Gasteiger partial charge < -0.3 is 0 Å². The quantitative estimate of drug-likeness (QED) is 0.731. The van der Waals surface area contributed by atoms with Crippen molar-refractivity contribution in [3.63, 3.8) is 0 Å². The third-order valence-electron chi connectivity index (χ3n) is 1.59. The number of nitrogens with zero attached hydrogens (tertiary/aromatic N) is 2. The first-order valence-electron chi connectivity index (χ1n) is 3.79. The van der Waals surface area contributed by atoms with Crippen LogP contribution in [-0.2, 0) is 19.5 Å². The minimum atomic E-state index is 0. The average Bonchev–Trinajstić information content (AvgIpc) is 2.21. The molecule has 0 aliphatic rings. The molecule has 0 unspecified atom stereocenters. The van der Waals surface area contributed by atoms with Gasteiger partial charge in [-0.15, -0.1) is 0 Å². The Labute approximate surface area is 89.8 Å². The van der Waals surface area contributed by atoms with Crippen LogP contribution in [0, 0.1) is 0 Å². The summed E-state index contributed by atoms with van der Waals surface area (Å²) in [6.07, 6.45) is 3.54. The molecule has 0 spiro atoms. The number of pyridine rings is 2. The third kappa shape index (κ3) is 2.43. The fourth-order valence-corrected chi connectivity index (χ4v) is 1.03. The zero-order valence-corrected chi connectivity index (χ0v) is 8.60. The maximum atomic E-state index is 4.19. The summed E-state index contributed by atoms with van der Waals surface area (Å²) in [4.78, 5) is 8.37. The van der Waals surface area contributed by atoms with Crippen molar-refractivity contribution in [2.45, 2.75) is 0 Å². The third-order valence-corrected chi connectivity index (χ3v) is 1.59. The van der Waals surface area contributed by atoms with E-state index in [2.05, 4.69) is 9.97 Å². The topological polar surface area (TPSA) is 25.8 Å². The van der Waals surface area contributed by atoms with Gasteiger partial charge in [0.25, 0.3) is 0 Å². The standard InChI is InChI=1S/C10H8N2.Ru/c1-3-7-11-9(5-1)10-6-2-4-8-12-10;/h1-8H;/q;+2. The van der Waals surface area contributed by atoms with Crippen molar-refractivity contribution in [2.75, 3.05) is 0 Å². The first-order chi connectivity index (χ1) is 5.97. The molecule has 3 heteroatoms. The van der Waals surface area contributed by atoms with Crippen molar-refractivity contribution in [1.82, 2.24) is 9.97 Å². The largest absolute Gasteiger partial charge is 2.00 e. The molecule has 0 fully saturated rings. The van der Waals surface area contributed by atoms with Crippen molar-refractivity contribution in [3.8, 4) is 11.4 Å². The summed E-state index contributed by atoms with van der Waals surface area (Å²) in [5.74, 6) is 0. The van der Waals surface area contributed by atoms with Crippen molar-refractivity contribution < 1.29 is 19.5 Å². The molecule has 0 amide bonds. The Hall–Kier alpha value is -1.08. The minimum absolute atomic E-state index is 0. The molecular weight excluding hydrogens is 249 g/mol. The number of hydrogen-bond acceptors (Lipinski definition) is 2. The maximum Gasteiger partial charge on any atom is 2.00 e. The summed E-state index contributed by atoms with van der Waals surface area (Å²) in [6.45, 7) is 0. The van der Waals surface area contributed by atoms with Gasteiger partial charge in [-0.25, -0.2) is 0 Å². The molecule has 2 aromatic heterocycles. The van der Waals surface area contributed by atoms with Crippen LogP contribution in [-0.4, -0.2) is 9.97 Å². The fraction of sp³-hybridized carbons (Fsp3) is 0. The van der Waals surface area contributed by atoms with Crippen molar-refractivity contribution in [1.29, 1.82) is 0 Å². The number of aromatic nitrogens is 2. The van der Waals surface area contributed by atoms with E-state index in [0.29, 0.717) is 0 Å². The van der Waals surface area contributed by atoms with E-state index in [1.807, 2.05) is 36.4 Å². The molecule has 2 nitrogen and oxygen atoms in total. The number of rotatable bonds is 1. The predicted molar refractivity (Wildman–Crippen MR) is 47.5 cm³/mol. The van der Waals surface area contributed by atoms with Gasteiger partial charge in [-0.05, 0) is 24.3 Å². The van der Waals surface area contributed by atoms with Crippen LogP contribution in [0.2, 0.25) is 0 Å². The van der Waals surface area contributed by atoms with E-state index < -0.39 is 0 Å². The second-order valence-corrected chi connectivity index (χ2v) is 2.43. The smallest absolute Gasteiger partial charge is 0.255 e. The molecule has 0 bridgehead atoms. The fourth-order valence-electron chi connectivity index (χ4n) is 1.03. The van der Waals surface area contributed by atoms with Crippen molar-refractivity contribution in [3.05, 3.63) is 48.8 Å². The summed E-state index contributed by atoms with van der Waals surface area (Å²) >= 11 is 0. The molecule has 0 aliphatic heterocycles. The van der Waals surface area contributed by atoms with Gasteiger partial charge in [0.05, 0.1) is 11.4 Å². The zero-order valence-electron chi connectivity index (χ0n) is 6.87. The van der Waals surface area contributed by atoms with Crippen LogP contribution >= 0.6 is 0 Å². The molecule has 2 heterocycles. The predicted octanol–water partition coefficient (Wildman–Crippen LogP) is 2.14. The van der Waals surface area contributed by atoms with E-state index in [1.54, 1.807) is 12.4 Å². The Morgan fingerprint density at radius 1 is 0.692 bits per heavy atom. The van der Waals surface area contributed by atoms with Crippen molar-refractivity contribution in [2.24, 2.45) is 0 Å². The van der Waals surface area contributed by atoms with E-state index in [4.69, 9.17) is 0 Å². The molecule has 13 heavy (non-hydrogen) atoms. The normalized spacial score (nSPS) is 8.92. The van der Waals surface area contributed by atoms with Gasteiger partial charge in [0.2, 0.25) is 0 Å². The van der Waals surface area contributed by atoms with E-state index in [-0.39, 0.29) is 19.5 Å². The second kappa shape index (κ2) is 4.83. The van der Waals surface area contributed by atoms with Gasteiger partial charge in [0.15, 0.2) is 0 Å². The van der Waals surface area contributed by atoms with E-state index in [1.165, 1.54) is 0 Å². The van der Waals surface area contributed by atoms with Crippen LogP contribution in [0.1, 0.15) is 0 Å². The van der Waals surface area contributed by atoms with Crippen molar-refractivity contribution >= 4 is 0 Å². The zero-order chi connectivity index (χ0) is 8.23. The summed E-state index contributed by atoms with van der Waals surface area (Å²) in [7, 11) is 0. The Morgan fingerprint density at radius 3 is 1.46 bits per heavy atom. The molecule has 64 valence electrons. The summed E-state index contributed by atoms with van der Waals surface area (Å²) in [5.41, 5.74) is 1.83. The molecule has 2 rings (SSSR count).